The van der Waals surface area contributed by atoms with Crippen molar-refractivity contribution in [3.05, 3.63) is 63.7 Å². The van der Waals surface area contributed by atoms with Crippen molar-refractivity contribution in [3.8, 4) is 0 Å². The van der Waals surface area contributed by atoms with Gasteiger partial charge in [0, 0.05) is 30.4 Å². The number of benzene rings is 2. The molecule has 0 spiro atoms. The molecule has 148 valence electrons. The normalized spacial score (nSPS) is 15.0. The Morgan fingerprint density at radius 1 is 1.11 bits per heavy atom. The van der Waals surface area contributed by atoms with Crippen LogP contribution in [-0.2, 0) is 10.0 Å². The number of hydrogen-bond donors (Lipinski definition) is 1. The highest BCUT2D eigenvalue weighted by Crippen LogP contribution is 2.22. The van der Waals surface area contributed by atoms with Gasteiger partial charge in [-0.05, 0) is 49.9 Å². The van der Waals surface area contributed by atoms with Crippen molar-refractivity contribution in [2.24, 2.45) is 5.10 Å². The van der Waals surface area contributed by atoms with E-state index in [-0.39, 0.29) is 10.6 Å². The molecule has 9 heteroatoms. The molecule has 28 heavy (non-hydrogen) atoms. The lowest BCUT2D eigenvalue weighted by atomic mass is 10.1. The maximum absolute atomic E-state index is 12.3. The molecule has 1 fully saturated rings. The average molecular weight is 402 g/mol. The van der Waals surface area contributed by atoms with Gasteiger partial charge in [0.25, 0.3) is 15.7 Å². The molecule has 1 N–H and O–H groups in total. The minimum Gasteiger partial charge on any atom is -0.372 e. The second-order valence-electron chi connectivity index (χ2n) is 6.70. The molecule has 0 amide bonds. The highest BCUT2D eigenvalue weighted by molar-refractivity contribution is 7.89. The number of nitrogens with zero attached hydrogens (tertiary/aromatic N) is 3. The van der Waals surface area contributed by atoms with Gasteiger partial charge >= 0.3 is 0 Å². The third-order valence-electron chi connectivity index (χ3n) is 4.69. The minimum atomic E-state index is -3.99. The van der Waals surface area contributed by atoms with Crippen molar-refractivity contribution >= 4 is 27.6 Å². The van der Waals surface area contributed by atoms with Gasteiger partial charge < -0.3 is 4.90 Å². The van der Waals surface area contributed by atoms with Crippen LogP contribution in [0.15, 0.2) is 52.5 Å². The van der Waals surface area contributed by atoms with Gasteiger partial charge in [0.2, 0.25) is 0 Å². The Kier molecular flexibility index (Phi) is 5.93. The summed E-state index contributed by atoms with van der Waals surface area (Å²) in [6.07, 6.45) is 5.07. The summed E-state index contributed by atoms with van der Waals surface area (Å²) in [5.74, 6) is 0. The van der Waals surface area contributed by atoms with Crippen LogP contribution in [0.4, 0.5) is 11.4 Å². The zero-order valence-electron chi connectivity index (χ0n) is 15.5. The smallest absolute Gasteiger partial charge is 0.276 e. The molecular weight excluding hydrogens is 380 g/mol. The van der Waals surface area contributed by atoms with Crippen molar-refractivity contribution in [2.75, 3.05) is 18.0 Å². The first-order chi connectivity index (χ1) is 13.4. The molecule has 2 aromatic rings. The van der Waals surface area contributed by atoms with Crippen LogP contribution < -0.4 is 9.73 Å². The number of piperidine rings is 1. The fraction of sp³-hybridized carbons (Fsp3) is 0.316. The molecule has 1 heterocycles. The fourth-order valence-corrected chi connectivity index (χ4v) is 3.91. The number of hydrogen-bond acceptors (Lipinski definition) is 6. The highest BCUT2D eigenvalue weighted by atomic mass is 32.2. The van der Waals surface area contributed by atoms with Crippen molar-refractivity contribution in [1.29, 1.82) is 0 Å². The molecule has 0 radical (unpaired) electrons. The van der Waals surface area contributed by atoms with Gasteiger partial charge in [0.05, 0.1) is 16.0 Å². The Morgan fingerprint density at radius 3 is 2.43 bits per heavy atom. The van der Waals surface area contributed by atoms with Gasteiger partial charge in [-0.2, -0.15) is 13.5 Å². The van der Waals surface area contributed by atoms with Crippen LogP contribution in [0, 0.1) is 17.0 Å². The first-order valence-electron chi connectivity index (χ1n) is 9.02. The number of sulfonamides is 1. The van der Waals surface area contributed by atoms with E-state index in [4.69, 9.17) is 0 Å². The summed E-state index contributed by atoms with van der Waals surface area (Å²) in [6.45, 7) is 3.65. The molecule has 0 atom stereocenters. The van der Waals surface area contributed by atoms with Crippen molar-refractivity contribution in [3.63, 3.8) is 0 Å². The van der Waals surface area contributed by atoms with E-state index >= 15 is 0 Å². The summed E-state index contributed by atoms with van der Waals surface area (Å²) in [6, 6.07) is 11.5. The monoisotopic (exact) mass is 402 g/mol. The molecule has 2 aromatic carbocycles. The van der Waals surface area contributed by atoms with E-state index in [9.17, 15) is 18.5 Å². The van der Waals surface area contributed by atoms with Crippen molar-refractivity contribution in [1.82, 2.24) is 4.83 Å². The van der Waals surface area contributed by atoms with Crippen LogP contribution in [0.5, 0.6) is 0 Å². The number of aryl methyl sites for hydroxylation is 1. The maximum Gasteiger partial charge on any atom is 0.276 e. The Bertz CT molecular complexity index is 981. The standard InChI is InChI=1S/C19H22N4O4S/c1-15-5-10-18(13-19(15)23(24)25)28(26,27)21-20-14-16-6-8-17(9-7-16)22-11-3-2-4-12-22/h5-10,13-14,21H,2-4,11-12H2,1H3. The second kappa shape index (κ2) is 8.39. The zero-order valence-corrected chi connectivity index (χ0v) is 16.4. The zero-order chi connectivity index (χ0) is 20.1. The predicted octanol–water partition coefficient (Wildman–Crippen LogP) is 3.21. The largest absolute Gasteiger partial charge is 0.372 e. The number of anilines is 1. The van der Waals surface area contributed by atoms with Crippen LogP contribution in [-0.4, -0.2) is 32.6 Å². The molecule has 0 unspecified atom stereocenters. The molecule has 3 rings (SSSR count). The summed E-state index contributed by atoms with van der Waals surface area (Å²) >= 11 is 0. The van der Waals surface area contributed by atoms with Crippen molar-refractivity contribution in [2.45, 2.75) is 31.1 Å². The Morgan fingerprint density at radius 2 is 1.79 bits per heavy atom. The van der Waals surface area contributed by atoms with E-state index < -0.39 is 14.9 Å². The topological polar surface area (TPSA) is 105 Å². The van der Waals surface area contributed by atoms with Gasteiger partial charge in [-0.1, -0.05) is 18.2 Å². The molecular formula is C19H22N4O4S. The average Bonchev–Trinajstić information content (AvgIpc) is 2.69. The van der Waals surface area contributed by atoms with Gasteiger partial charge in [-0.3, -0.25) is 10.1 Å². The number of nitro benzene ring substituents is 1. The molecule has 0 saturated carbocycles. The molecule has 8 nitrogen and oxygen atoms in total. The highest BCUT2D eigenvalue weighted by Gasteiger charge is 2.19. The van der Waals surface area contributed by atoms with Crippen LogP contribution in [0.1, 0.15) is 30.4 Å². The van der Waals surface area contributed by atoms with Gasteiger partial charge in [-0.25, -0.2) is 4.83 Å². The summed E-state index contributed by atoms with van der Waals surface area (Å²) in [4.78, 5) is 14.6. The minimum absolute atomic E-state index is 0.206. The fourth-order valence-electron chi connectivity index (χ4n) is 3.10. The summed E-state index contributed by atoms with van der Waals surface area (Å²) in [5, 5.41) is 14.8. The molecule has 1 aliphatic rings. The Balaban J connectivity index is 1.68. The van der Waals surface area contributed by atoms with E-state index in [0.29, 0.717) is 5.56 Å². The molecule has 0 bridgehead atoms. The van der Waals surface area contributed by atoms with Crippen LogP contribution in [0.2, 0.25) is 0 Å². The maximum atomic E-state index is 12.3. The third kappa shape index (κ3) is 4.66. The first-order valence-corrected chi connectivity index (χ1v) is 10.5. The van der Waals surface area contributed by atoms with E-state index in [1.165, 1.54) is 37.6 Å². The van der Waals surface area contributed by atoms with Crippen LogP contribution in [0.25, 0.3) is 0 Å². The molecule has 1 saturated heterocycles. The lowest BCUT2D eigenvalue weighted by Gasteiger charge is -2.28. The van der Waals surface area contributed by atoms with E-state index in [2.05, 4.69) is 14.8 Å². The number of nitro groups is 1. The third-order valence-corrected chi connectivity index (χ3v) is 5.91. The number of nitrogens with one attached hydrogen (secondary N) is 1. The second-order valence-corrected chi connectivity index (χ2v) is 8.36. The number of rotatable bonds is 6. The quantitative estimate of drug-likeness (QED) is 0.454. The van der Waals surface area contributed by atoms with Gasteiger partial charge in [-0.15, -0.1) is 0 Å². The molecule has 0 aromatic heterocycles. The van der Waals surface area contributed by atoms with Crippen molar-refractivity contribution < 1.29 is 13.3 Å². The summed E-state index contributed by atoms with van der Waals surface area (Å²) < 4.78 is 24.6. The van der Waals surface area contributed by atoms with Gasteiger partial charge in [0.15, 0.2) is 0 Å². The summed E-state index contributed by atoms with van der Waals surface area (Å²) in [5.41, 5.74) is 2.03. The number of hydrazone groups is 1. The van der Waals surface area contributed by atoms with Crippen LogP contribution >= 0.6 is 0 Å². The lowest BCUT2D eigenvalue weighted by Crippen LogP contribution is -2.29. The van der Waals surface area contributed by atoms with E-state index in [0.717, 1.165) is 30.4 Å². The Labute approximate surface area is 164 Å². The Hall–Kier alpha value is -2.94. The predicted molar refractivity (Wildman–Crippen MR) is 108 cm³/mol. The molecule has 0 aliphatic carbocycles. The SMILES string of the molecule is Cc1ccc(S(=O)(=O)NN=Cc2ccc(N3CCCCC3)cc2)cc1[N+](=O)[O-]. The summed E-state index contributed by atoms with van der Waals surface area (Å²) in [7, 11) is -3.99. The molecule has 1 aliphatic heterocycles. The first kappa shape index (κ1) is 19.8. The van der Waals surface area contributed by atoms with E-state index in [1.807, 2.05) is 24.3 Å². The lowest BCUT2D eigenvalue weighted by molar-refractivity contribution is -0.385. The van der Waals surface area contributed by atoms with E-state index in [1.54, 1.807) is 6.92 Å². The van der Waals surface area contributed by atoms with Crippen LogP contribution in [0.3, 0.4) is 0 Å². The van der Waals surface area contributed by atoms with Gasteiger partial charge in [0.1, 0.15) is 0 Å².